The molecule has 148 valence electrons. The number of rotatable bonds is 5. The van der Waals surface area contributed by atoms with Gasteiger partial charge in [0.25, 0.3) is 5.91 Å². The van der Waals surface area contributed by atoms with Crippen molar-refractivity contribution in [2.45, 2.75) is 25.4 Å². The van der Waals surface area contributed by atoms with Gasteiger partial charge in [0.05, 0.1) is 7.11 Å². The van der Waals surface area contributed by atoms with Gasteiger partial charge >= 0.3 is 0 Å². The number of ether oxygens (including phenoxy) is 1. The van der Waals surface area contributed by atoms with Crippen LogP contribution in [0.15, 0.2) is 40.9 Å². The summed E-state index contributed by atoms with van der Waals surface area (Å²) in [6, 6.07) is 9.77. The molecule has 0 aliphatic carbocycles. The summed E-state index contributed by atoms with van der Waals surface area (Å²) in [5, 5.41) is 3.69. The second-order valence-corrected chi connectivity index (χ2v) is 8.28. The molecule has 2 amide bonds. The summed E-state index contributed by atoms with van der Waals surface area (Å²) in [4.78, 5) is 27.2. The minimum atomic E-state index is -0.525. The smallest absolute Gasteiger partial charge is 0.254 e. The average molecular weight is 486 g/mol. The highest BCUT2D eigenvalue weighted by Gasteiger charge is 2.34. The summed E-state index contributed by atoms with van der Waals surface area (Å²) < 4.78 is 6.23. The van der Waals surface area contributed by atoms with Crippen molar-refractivity contribution >= 4 is 50.9 Å². The molecule has 0 bridgehead atoms. The van der Waals surface area contributed by atoms with Crippen LogP contribution in [0.3, 0.4) is 0 Å². The highest BCUT2D eigenvalue weighted by Crippen LogP contribution is 2.26. The molecule has 5 nitrogen and oxygen atoms in total. The van der Waals surface area contributed by atoms with Crippen LogP contribution < -0.4 is 10.1 Å². The molecular weight excluding hydrogens is 467 g/mol. The van der Waals surface area contributed by atoms with Crippen molar-refractivity contribution in [1.29, 1.82) is 0 Å². The number of nitrogens with zero attached hydrogens (tertiary/aromatic N) is 1. The molecular formula is C20H19BrCl2N2O3. The molecule has 1 fully saturated rings. The number of likely N-dealkylation sites (tertiary alicyclic amines) is 1. The number of carbonyl (C=O) groups is 2. The molecule has 28 heavy (non-hydrogen) atoms. The Morgan fingerprint density at radius 1 is 1.21 bits per heavy atom. The third-order valence-corrected chi connectivity index (χ3v) is 5.55. The molecule has 3 rings (SSSR count). The van der Waals surface area contributed by atoms with Crippen LogP contribution in [-0.4, -0.2) is 36.4 Å². The zero-order valence-corrected chi connectivity index (χ0v) is 18.3. The van der Waals surface area contributed by atoms with E-state index in [9.17, 15) is 9.59 Å². The van der Waals surface area contributed by atoms with Crippen molar-refractivity contribution in [3.8, 4) is 5.75 Å². The summed E-state index contributed by atoms with van der Waals surface area (Å²) >= 11 is 15.4. The summed E-state index contributed by atoms with van der Waals surface area (Å²) in [5.74, 6) is 0.250. The predicted octanol–water partition coefficient (Wildman–Crippen LogP) is 4.69. The lowest BCUT2D eigenvalue weighted by Gasteiger charge is -2.24. The van der Waals surface area contributed by atoms with Crippen LogP contribution in [0.2, 0.25) is 10.0 Å². The molecule has 1 aliphatic rings. The lowest BCUT2D eigenvalue weighted by atomic mass is 10.1. The van der Waals surface area contributed by atoms with Crippen molar-refractivity contribution in [1.82, 2.24) is 10.2 Å². The van der Waals surface area contributed by atoms with Gasteiger partial charge < -0.3 is 15.0 Å². The number of amides is 2. The van der Waals surface area contributed by atoms with Gasteiger partial charge in [0.2, 0.25) is 5.91 Å². The highest BCUT2D eigenvalue weighted by atomic mass is 79.9. The fourth-order valence-corrected chi connectivity index (χ4v) is 4.25. The van der Waals surface area contributed by atoms with Gasteiger partial charge in [-0.25, -0.2) is 0 Å². The second kappa shape index (κ2) is 9.16. The number of halogens is 3. The maximum atomic E-state index is 12.9. The number of methoxy groups -OCH3 is 1. The van der Waals surface area contributed by atoms with Crippen LogP contribution in [0, 0.1) is 0 Å². The van der Waals surface area contributed by atoms with E-state index in [2.05, 4.69) is 21.2 Å². The first kappa shape index (κ1) is 21.0. The van der Waals surface area contributed by atoms with Crippen LogP contribution in [0.5, 0.6) is 5.75 Å². The van der Waals surface area contributed by atoms with Crippen LogP contribution in [-0.2, 0) is 11.3 Å². The van der Waals surface area contributed by atoms with Crippen LogP contribution in [0.4, 0.5) is 0 Å². The van der Waals surface area contributed by atoms with E-state index in [1.165, 1.54) is 0 Å². The largest absolute Gasteiger partial charge is 0.496 e. The third kappa shape index (κ3) is 4.80. The molecule has 1 saturated heterocycles. The van der Waals surface area contributed by atoms with E-state index in [1.807, 2.05) is 18.2 Å². The minimum Gasteiger partial charge on any atom is -0.496 e. The van der Waals surface area contributed by atoms with E-state index in [-0.39, 0.29) is 11.8 Å². The Hall–Kier alpha value is -1.76. The van der Waals surface area contributed by atoms with Gasteiger partial charge in [0, 0.05) is 38.7 Å². The fourth-order valence-electron chi connectivity index (χ4n) is 3.31. The Morgan fingerprint density at radius 2 is 1.93 bits per heavy atom. The topological polar surface area (TPSA) is 58.6 Å². The van der Waals surface area contributed by atoms with Crippen molar-refractivity contribution in [3.05, 3.63) is 62.0 Å². The number of benzene rings is 2. The summed E-state index contributed by atoms with van der Waals surface area (Å²) in [6.07, 6.45) is 1.37. The molecule has 8 heteroatoms. The lowest BCUT2D eigenvalue weighted by Crippen LogP contribution is -2.45. The van der Waals surface area contributed by atoms with Gasteiger partial charge in [0.1, 0.15) is 11.8 Å². The van der Waals surface area contributed by atoms with Crippen molar-refractivity contribution < 1.29 is 14.3 Å². The summed E-state index contributed by atoms with van der Waals surface area (Å²) in [6.45, 7) is 0.824. The Labute approximate surface area is 182 Å². The van der Waals surface area contributed by atoms with Gasteiger partial charge in [-0.3, -0.25) is 9.59 Å². The standard InChI is InChI=1S/C20H19BrCl2N2O3/c1-28-18-5-4-14(21)7-13(18)11-24-19(26)17-3-2-6-25(17)20(27)12-8-15(22)10-16(23)9-12/h4-5,7-10,17H,2-3,6,11H2,1H3,(H,24,26). The van der Waals surface area contributed by atoms with E-state index in [1.54, 1.807) is 30.2 Å². The Morgan fingerprint density at radius 3 is 2.61 bits per heavy atom. The molecule has 0 spiro atoms. The average Bonchev–Trinajstić information content (AvgIpc) is 3.14. The molecule has 0 saturated carbocycles. The first-order valence-corrected chi connectivity index (χ1v) is 10.3. The first-order chi connectivity index (χ1) is 13.4. The summed E-state index contributed by atoms with van der Waals surface area (Å²) in [5.41, 5.74) is 1.23. The molecule has 1 unspecified atom stereocenters. The van der Waals surface area contributed by atoms with Crippen LogP contribution in [0.25, 0.3) is 0 Å². The van der Waals surface area contributed by atoms with E-state index < -0.39 is 6.04 Å². The minimum absolute atomic E-state index is 0.194. The third-order valence-electron chi connectivity index (χ3n) is 4.62. The molecule has 1 heterocycles. The molecule has 0 aromatic heterocycles. The van der Waals surface area contributed by atoms with Gasteiger partial charge in [-0.05, 0) is 49.2 Å². The normalized spacial score (nSPS) is 16.1. The Balaban J connectivity index is 1.71. The monoisotopic (exact) mass is 484 g/mol. The van der Waals surface area contributed by atoms with Gasteiger partial charge in [-0.1, -0.05) is 39.1 Å². The van der Waals surface area contributed by atoms with Crippen molar-refractivity contribution in [3.63, 3.8) is 0 Å². The van der Waals surface area contributed by atoms with Crippen molar-refractivity contribution in [2.24, 2.45) is 0 Å². The summed E-state index contributed by atoms with van der Waals surface area (Å²) in [7, 11) is 1.59. The van der Waals surface area contributed by atoms with Gasteiger partial charge in [-0.15, -0.1) is 0 Å². The molecule has 0 radical (unpaired) electrons. The van der Waals surface area contributed by atoms with Gasteiger partial charge in [-0.2, -0.15) is 0 Å². The zero-order valence-electron chi connectivity index (χ0n) is 15.2. The fraction of sp³-hybridized carbons (Fsp3) is 0.300. The second-order valence-electron chi connectivity index (χ2n) is 6.49. The number of nitrogens with one attached hydrogen (secondary N) is 1. The molecule has 1 aliphatic heterocycles. The van der Waals surface area contributed by atoms with Gasteiger partial charge in [0.15, 0.2) is 0 Å². The van der Waals surface area contributed by atoms with Crippen LogP contribution in [0.1, 0.15) is 28.8 Å². The quantitative estimate of drug-likeness (QED) is 0.668. The maximum Gasteiger partial charge on any atom is 0.254 e. The SMILES string of the molecule is COc1ccc(Br)cc1CNC(=O)C1CCCN1C(=O)c1cc(Cl)cc(Cl)c1. The first-order valence-electron chi connectivity index (χ1n) is 8.76. The maximum absolute atomic E-state index is 12.9. The highest BCUT2D eigenvalue weighted by molar-refractivity contribution is 9.10. The Bertz CT molecular complexity index is 887. The molecule has 1 atom stereocenters. The van der Waals surface area contributed by atoms with Crippen LogP contribution >= 0.6 is 39.1 Å². The zero-order chi connectivity index (χ0) is 20.3. The molecule has 1 N–H and O–H groups in total. The van der Waals surface area contributed by atoms with E-state index in [0.29, 0.717) is 40.9 Å². The van der Waals surface area contributed by atoms with E-state index >= 15 is 0 Å². The van der Waals surface area contributed by atoms with Crippen molar-refractivity contribution in [2.75, 3.05) is 13.7 Å². The molecule has 2 aromatic carbocycles. The predicted molar refractivity (Wildman–Crippen MR) is 113 cm³/mol. The van der Waals surface area contributed by atoms with E-state index in [4.69, 9.17) is 27.9 Å². The molecule has 2 aromatic rings. The number of carbonyl (C=O) groups excluding carboxylic acids is 2. The van der Waals surface area contributed by atoms with E-state index in [0.717, 1.165) is 16.5 Å². The number of hydrogen-bond donors (Lipinski definition) is 1. The Kier molecular flexibility index (Phi) is 6.86. The number of hydrogen-bond acceptors (Lipinski definition) is 3. The lowest BCUT2D eigenvalue weighted by molar-refractivity contribution is -0.125.